The predicted octanol–water partition coefficient (Wildman–Crippen LogP) is 24.0. The minimum Gasteiger partial charge on any atom is -0.271 e. The Morgan fingerprint density at radius 3 is 0.587 bits per heavy atom. The number of carbonyl (C=O) groups excluding carboxylic acids is 8. The number of hydrogen-bond acceptors (Lipinski definition) is 8. The zero-order valence-corrected chi connectivity index (χ0v) is 63.1. The van der Waals surface area contributed by atoms with Crippen LogP contribution in [0.4, 0.5) is 0 Å². The number of imide groups is 4. The first kappa shape index (κ1) is 72.3. The van der Waals surface area contributed by atoms with Crippen LogP contribution in [0.3, 0.4) is 0 Å². The molecule has 12 nitrogen and oxygen atoms in total. The van der Waals surface area contributed by atoms with Gasteiger partial charge in [0, 0.05) is 90.2 Å². The van der Waals surface area contributed by atoms with Crippen LogP contribution in [-0.4, -0.2) is 91.0 Å². The van der Waals surface area contributed by atoms with Gasteiger partial charge in [-0.2, -0.15) is 0 Å². The van der Waals surface area contributed by atoms with E-state index in [4.69, 9.17) is 0 Å². The van der Waals surface area contributed by atoms with E-state index in [0.29, 0.717) is 135 Å². The normalized spacial score (nSPS) is 14.8. The summed E-state index contributed by atoms with van der Waals surface area (Å²) in [6.07, 6.45) is 28.3. The van der Waals surface area contributed by atoms with E-state index in [0.717, 1.165) is 212 Å². The highest BCUT2D eigenvalue weighted by Gasteiger charge is 2.45. The van der Waals surface area contributed by atoms with Crippen LogP contribution in [0.15, 0.2) is 84.9 Å². The number of rotatable bonds is 37. The van der Waals surface area contributed by atoms with Crippen molar-refractivity contribution in [2.45, 2.75) is 285 Å². The molecule has 0 aromatic heterocycles. The lowest BCUT2D eigenvalue weighted by molar-refractivity contribution is 0.0501. The second kappa shape index (κ2) is 30.8. The predicted molar refractivity (Wildman–Crippen MR) is 425 cm³/mol. The number of fused-ring (bicyclic) bond motifs is 4. The number of nitrogens with zero attached hydrogens (tertiary/aromatic N) is 4. The molecular formula is C92H106N4O8. The van der Waals surface area contributed by atoms with Gasteiger partial charge in [-0.05, 0) is 176 Å². The lowest BCUT2D eigenvalue weighted by Gasteiger charge is -2.37. The third kappa shape index (κ3) is 12.0. The van der Waals surface area contributed by atoms with E-state index in [9.17, 15) is 0 Å². The SMILES string of the molecule is CCCCCC(CCCCC)N1C(=O)c2ccc3c4ccc5c6c(cc(-c7cc8c9c(ccc%10c%11ccc%12c%13c(ccc(c7c9%10)c%13%11)C(=O)N(C(CCCCC)CCCCC)C%12=O)C(=O)N(C(CCCCC)CCCCC)C8=O)c(c7ccc(c2c37)C1=O)c64)C(=O)N(C(CCCCC)CCCCC)C5=O. The third-order valence-corrected chi connectivity index (χ3v) is 24.5. The van der Waals surface area contributed by atoms with Crippen LogP contribution in [0.25, 0.3) is 97.3 Å². The second-order valence-electron chi connectivity index (χ2n) is 31.2. The van der Waals surface area contributed by atoms with Crippen LogP contribution in [0.5, 0.6) is 0 Å². The van der Waals surface area contributed by atoms with Gasteiger partial charge in [-0.3, -0.25) is 58.0 Å². The summed E-state index contributed by atoms with van der Waals surface area (Å²) in [7, 11) is 0. The van der Waals surface area contributed by atoms with Gasteiger partial charge in [0.25, 0.3) is 47.3 Å². The number of unbranched alkanes of at least 4 members (excludes halogenated alkanes) is 16. The van der Waals surface area contributed by atoms with Crippen molar-refractivity contribution in [3.63, 3.8) is 0 Å². The van der Waals surface area contributed by atoms with Crippen LogP contribution in [0.2, 0.25) is 0 Å². The maximum absolute atomic E-state index is 16.5. The molecule has 8 amide bonds. The Labute approximate surface area is 613 Å². The van der Waals surface area contributed by atoms with E-state index in [1.165, 1.54) is 0 Å². The van der Waals surface area contributed by atoms with Gasteiger partial charge in [0.05, 0.1) is 0 Å². The van der Waals surface area contributed by atoms with E-state index in [-0.39, 0.29) is 71.4 Å². The average Bonchev–Trinajstić information content (AvgIpc) is 0.676. The molecule has 104 heavy (non-hydrogen) atoms. The minimum absolute atomic E-state index is 0.276. The van der Waals surface area contributed by atoms with Gasteiger partial charge in [-0.15, -0.1) is 0 Å². The first-order valence-electron chi connectivity index (χ1n) is 40.7. The van der Waals surface area contributed by atoms with Crippen LogP contribution in [0.1, 0.15) is 344 Å². The van der Waals surface area contributed by atoms with Crippen molar-refractivity contribution in [1.82, 2.24) is 19.6 Å². The van der Waals surface area contributed by atoms with Gasteiger partial charge in [0.2, 0.25) is 0 Å². The molecule has 0 saturated carbocycles. The van der Waals surface area contributed by atoms with Crippen molar-refractivity contribution < 1.29 is 38.4 Å². The average molecular weight is 1400 g/mol. The van der Waals surface area contributed by atoms with Gasteiger partial charge in [-0.1, -0.05) is 246 Å². The standard InChI is InChI=1S/C92H106N4O8/c1-9-17-25-33-55(34-26-18-10-2)93-85(97)65-47-41-59-61-43-49-69-81-73(91(103)95(89(69)101)57(37-29-21-13-5)38-30-22-14-6)53-71(77(83(61)81)63-45-51-67(87(93)99)79(65)75(59)63)72-54-74-82-70(90(102)96(92(74)104)58(39-31-23-15-7)40-32-24-16-8)50-44-62-60-42-48-66-80-68(52-46-64(76(60)80)78(72)84(62)82)88(100)94(86(66)98)56(35-27-19-11-3)36-28-20-12-4/h41-58H,9-40H2,1-8H3. The van der Waals surface area contributed by atoms with Crippen LogP contribution < -0.4 is 0 Å². The Morgan fingerprint density at radius 1 is 0.192 bits per heavy atom. The monoisotopic (exact) mass is 1390 g/mol. The quantitative estimate of drug-likeness (QED) is 0.0162. The molecule has 0 saturated heterocycles. The molecule has 4 aliphatic rings. The molecule has 4 aliphatic heterocycles. The Bertz CT molecular complexity index is 4660. The summed E-state index contributed by atoms with van der Waals surface area (Å²) in [5, 5.41) is 10.9. The summed E-state index contributed by atoms with van der Waals surface area (Å²) in [6, 6.07) is 26.0. The van der Waals surface area contributed by atoms with E-state index < -0.39 is 0 Å². The maximum atomic E-state index is 16.5. The molecule has 0 atom stereocenters. The molecule has 0 fully saturated rings. The summed E-state index contributed by atoms with van der Waals surface area (Å²) in [5.74, 6) is -2.67. The van der Waals surface area contributed by atoms with Crippen molar-refractivity contribution in [1.29, 1.82) is 0 Å². The molecule has 0 aliphatic carbocycles. The summed E-state index contributed by atoms with van der Waals surface area (Å²) >= 11 is 0. The van der Waals surface area contributed by atoms with Gasteiger partial charge in [-0.25, -0.2) is 0 Å². The lowest BCUT2D eigenvalue weighted by Crippen LogP contribution is -2.47. The summed E-state index contributed by atoms with van der Waals surface area (Å²) in [5.41, 5.74) is 4.56. The van der Waals surface area contributed by atoms with Crippen molar-refractivity contribution in [3.8, 4) is 11.1 Å². The third-order valence-electron chi connectivity index (χ3n) is 24.5. The molecule has 0 spiro atoms. The number of hydrogen-bond donors (Lipinski definition) is 0. The molecule has 0 radical (unpaired) electrons. The van der Waals surface area contributed by atoms with Crippen molar-refractivity contribution >= 4 is 133 Å². The first-order chi connectivity index (χ1) is 50.7. The molecule has 10 aromatic carbocycles. The smallest absolute Gasteiger partial charge is 0.261 e. The van der Waals surface area contributed by atoms with Gasteiger partial charge in [0.1, 0.15) is 0 Å². The highest BCUT2D eigenvalue weighted by atomic mass is 16.2. The molecule has 10 aromatic rings. The topological polar surface area (TPSA) is 150 Å². The molecule has 542 valence electrons. The zero-order chi connectivity index (χ0) is 72.8. The largest absolute Gasteiger partial charge is 0.271 e. The van der Waals surface area contributed by atoms with Crippen molar-refractivity contribution in [2.75, 3.05) is 0 Å². The highest BCUT2D eigenvalue weighted by Crippen LogP contribution is 2.55. The molecule has 0 N–H and O–H groups in total. The van der Waals surface area contributed by atoms with Crippen LogP contribution in [-0.2, 0) is 0 Å². The fraction of sp³-hybridized carbons (Fsp3) is 0.478. The van der Waals surface area contributed by atoms with Gasteiger partial charge in [0.15, 0.2) is 0 Å². The Hall–Kier alpha value is -8.64. The van der Waals surface area contributed by atoms with Gasteiger partial charge < -0.3 is 0 Å². The minimum atomic E-state index is -0.382. The van der Waals surface area contributed by atoms with Crippen molar-refractivity contribution in [2.24, 2.45) is 0 Å². The molecule has 0 bridgehead atoms. The first-order valence-corrected chi connectivity index (χ1v) is 40.7. The molecule has 14 rings (SSSR count). The molecule has 12 heteroatoms. The molecule has 0 unspecified atom stereocenters. The second-order valence-corrected chi connectivity index (χ2v) is 31.2. The number of benzene rings is 10. The van der Waals surface area contributed by atoms with E-state index >= 15 is 38.4 Å². The van der Waals surface area contributed by atoms with E-state index in [1.807, 2.05) is 84.9 Å². The summed E-state index contributed by atoms with van der Waals surface area (Å²) in [4.78, 5) is 134. The zero-order valence-electron chi connectivity index (χ0n) is 63.1. The Balaban J connectivity index is 1.11. The maximum Gasteiger partial charge on any atom is 0.261 e. The number of carbonyl (C=O) groups is 8. The van der Waals surface area contributed by atoms with E-state index in [2.05, 4.69) is 55.4 Å². The van der Waals surface area contributed by atoms with Crippen LogP contribution >= 0.6 is 0 Å². The fourth-order valence-electron chi connectivity index (χ4n) is 19.2. The van der Waals surface area contributed by atoms with Gasteiger partial charge >= 0.3 is 0 Å². The Morgan fingerprint density at radius 2 is 0.375 bits per heavy atom. The lowest BCUT2D eigenvalue weighted by atomic mass is 9.76. The fourth-order valence-corrected chi connectivity index (χ4v) is 19.2. The van der Waals surface area contributed by atoms with Crippen molar-refractivity contribution in [3.05, 3.63) is 129 Å². The number of amides is 8. The van der Waals surface area contributed by atoms with Crippen LogP contribution in [0, 0.1) is 0 Å². The Kier molecular flexibility index (Phi) is 21.4. The molecular weight excluding hydrogens is 1290 g/mol. The molecule has 4 heterocycles. The van der Waals surface area contributed by atoms with E-state index in [1.54, 1.807) is 19.6 Å². The summed E-state index contributed by atoms with van der Waals surface area (Å²) in [6.45, 7) is 17.3. The summed E-state index contributed by atoms with van der Waals surface area (Å²) < 4.78 is 0. The highest BCUT2D eigenvalue weighted by molar-refractivity contribution is 6.47.